The standard InChI is InChI=1S/C30H46O6/c1-17(2)18(3)8-9-19(4)22-10-11-23(28(22,6)14-15-35-20(5)31)25-26-24(32)16-21-12-13-29(7,27(25)33)30(26,34)36-21/h8-9,17-19,21-23,25-26,34H,10-16H2,1-7H3/b9-8+/t18-,19+,21-,22+,23-,25-,26-,28+,29+,30-/m0/s1. The fourth-order valence-electron chi connectivity index (χ4n) is 8.12. The molecule has 0 spiro atoms. The fourth-order valence-corrected chi connectivity index (χ4v) is 8.12. The molecule has 0 aromatic carbocycles. The second kappa shape index (κ2) is 9.65. The van der Waals surface area contributed by atoms with Crippen LogP contribution >= 0.6 is 0 Å². The molecule has 202 valence electrons. The molecule has 2 aliphatic carbocycles. The van der Waals surface area contributed by atoms with Gasteiger partial charge >= 0.3 is 5.97 Å². The summed E-state index contributed by atoms with van der Waals surface area (Å²) in [6.45, 7) is 14.6. The Balaban J connectivity index is 1.69. The molecule has 4 aliphatic rings. The minimum absolute atomic E-state index is 0.00955. The van der Waals surface area contributed by atoms with Gasteiger partial charge in [-0.1, -0.05) is 46.8 Å². The van der Waals surface area contributed by atoms with Crippen LogP contribution in [-0.2, 0) is 23.9 Å². The summed E-state index contributed by atoms with van der Waals surface area (Å²) in [5.74, 6) is -1.93. The molecule has 2 saturated heterocycles. The van der Waals surface area contributed by atoms with Crippen molar-refractivity contribution in [1.82, 2.24) is 0 Å². The Labute approximate surface area is 216 Å². The van der Waals surface area contributed by atoms with E-state index in [2.05, 4.69) is 46.8 Å². The SMILES string of the molecule is CC(=O)OCC[C@]1(C)[C@@H]([C@H](C)/C=C/[C@H](C)C(C)C)CC[C@H]1[C@@H]1C(=O)[C@@]2(C)CC[C@H]3CC(=O)[C@@H]1[C@]2(O)O3. The monoisotopic (exact) mass is 502 g/mol. The molecule has 2 bridgehead atoms. The van der Waals surface area contributed by atoms with E-state index in [9.17, 15) is 19.5 Å². The maximum atomic E-state index is 14.1. The van der Waals surface area contributed by atoms with Gasteiger partial charge in [0.25, 0.3) is 0 Å². The Hall–Kier alpha value is -1.53. The third kappa shape index (κ3) is 4.20. The van der Waals surface area contributed by atoms with Crippen molar-refractivity contribution in [2.75, 3.05) is 6.61 Å². The highest BCUT2D eigenvalue weighted by Gasteiger charge is 2.75. The van der Waals surface area contributed by atoms with E-state index in [-0.39, 0.29) is 59.8 Å². The number of ketones is 2. The van der Waals surface area contributed by atoms with E-state index < -0.39 is 23.0 Å². The molecule has 2 saturated carbocycles. The maximum Gasteiger partial charge on any atom is 0.302 e. The molecule has 6 nitrogen and oxygen atoms in total. The minimum atomic E-state index is -1.71. The Morgan fingerprint density at radius 1 is 1.14 bits per heavy atom. The van der Waals surface area contributed by atoms with Crippen molar-refractivity contribution in [3.63, 3.8) is 0 Å². The van der Waals surface area contributed by atoms with Crippen LogP contribution in [0.1, 0.15) is 87.0 Å². The van der Waals surface area contributed by atoms with Crippen LogP contribution in [0.15, 0.2) is 12.2 Å². The number of rotatable bonds is 8. The first-order valence-electron chi connectivity index (χ1n) is 14.0. The Morgan fingerprint density at radius 2 is 1.83 bits per heavy atom. The normalized spacial score (nSPS) is 43.9. The highest BCUT2D eigenvalue weighted by Crippen LogP contribution is 2.66. The van der Waals surface area contributed by atoms with Gasteiger partial charge in [-0.2, -0.15) is 0 Å². The van der Waals surface area contributed by atoms with Crippen molar-refractivity contribution in [2.24, 2.45) is 52.3 Å². The molecule has 4 rings (SSSR count). The second-order valence-corrected chi connectivity index (χ2v) is 13.1. The third-order valence-electron chi connectivity index (χ3n) is 10.8. The van der Waals surface area contributed by atoms with Gasteiger partial charge in [0.2, 0.25) is 0 Å². The molecule has 6 heteroatoms. The van der Waals surface area contributed by atoms with E-state index in [0.717, 1.165) is 12.8 Å². The first-order valence-corrected chi connectivity index (χ1v) is 14.0. The predicted molar refractivity (Wildman–Crippen MR) is 137 cm³/mol. The zero-order valence-electron chi connectivity index (χ0n) is 23.2. The first kappa shape index (κ1) is 27.5. The Morgan fingerprint density at radius 3 is 2.47 bits per heavy atom. The Kier molecular flexibility index (Phi) is 7.37. The topological polar surface area (TPSA) is 89.9 Å². The lowest BCUT2D eigenvalue weighted by molar-refractivity contribution is -0.324. The molecule has 36 heavy (non-hydrogen) atoms. The van der Waals surface area contributed by atoms with E-state index in [0.29, 0.717) is 31.1 Å². The van der Waals surface area contributed by atoms with Gasteiger partial charge in [-0.25, -0.2) is 0 Å². The summed E-state index contributed by atoms with van der Waals surface area (Å²) in [5.41, 5.74) is -1.38. The summed E-state index contributed by atoms with van der Waals surface area (Å²) in [6, 6.07) is 0. The molecule has 0 unspecified atom stereocenters. The number of carbonyl (C=O) groups is 3. The van der Waals surface area contributed by atoms with Crippen LogP contribution in [-0.4, -0.2) is 41.1 Å². The minimum Gasteiger partial charge on any atom is -0.466 e. The van der Waals surface area contributed by atoms with Crippen molar-refractivity contribution in [3.8, 4) is 0 Å². The molecule has 10 atom stereocenters. The summed E-state index contributed by atoms with van der Waals surface area (Å²) < 4.78 is 11.5. The van der Waals surface area contributed by atoms with E-state index in [1.165, 1.54) is 6.92 Å². The summed E-state index contributed by atoms with van der Waals surface area (Å²) in [7, 11) is 0. The third-order valence-corrected chi connectivity index (χ3v) is 10.8. The zero-order chi connectivity index (χ0) is 26.6. The van der Waals surface area contributed by atoms with E-state index >= 15 is 0 Å². The van der Waals surface area contributed by atoms with Gasteiger partial charge in [-0.05, 0) is 74.0 Å². The summed E-state index contributed by atoms with van der Waals surface area (Å²) in [5, 5.41) is 11.8. The molecule has 0 aromatic heterocycles. The highest BCUT2D eigenvalue weighted by molar-refractivity contribution is 5.99. The van der Waals surface area contributed by atoms with Gasteiger partial charge < -0.3 is 14.6 Å². The quantitative estimate of drug-likeness (QED) is 0.366. The molecular weight excluding hydrogens is 456 g/mol. The molecule has 4 fully saturated rings. The lowest BCUT2D eigenvalue weighted by atomic mass is 9.61. The van der Waals surface area contributed by atoms with Crippen LogP contribution < -0.4 is 0 Å². The summed E-state index contributed by atoms with van der Waals surface area (Å²) >= 11 is 0. The van der Waals surface area contributed by atoms with Gasteiger partial charge in [0, 0.05) is 19.3 Å². The average Bonchev–Trinajstić information content (AvgIpc) is 3.22. The van der Waals surface area contributed by atoms with Crippen LogP contribution in [0.4, 0.5) is 0 Å². The number of Topliss-reactive ketones (excluding diaryl/α,β-unsaturated/α-hetero) is 2. The average molecular weight is 503 g/mol. The number of esters is 1. The van der Waals surface area contributed by atoms with Gasteiger partial charge in [0.15, 0.2) is 5.79 Å². The van der Waals surface area contributed by atoms with Crippen LogP contribution in [0.25, 0.3) is 0 Å². The van der Waals surface area contributed by atoms with Crippen LogP contribution in [0.2, 0.25) is 0 Å². The number of hydrogen-bond acceptors (Lipinski definition) is 6. The van der Waals surface area contributed by atoms with E-state index in [4.69, 9.17) is 9.47 Å². The summed E-state index contributed by atoms with van der Waals surface area (Å²) in [6.07, 6.45) is 8.16. The van der Waals surface area contributed by atoms with Crippen molar-refractivity contribution in [1.29, 1.82) is 0 Å². The second-order valence-electron chi connectivity index (χ2n) is 13.1. The number of allylic oxidation sites excluding steroid dienone is 2. The predicted octanol–water partition coefficient (Wildman–Crippen LogP) is 5.12. The van der Waals surface area contributed by atoms with Crippen LogP contribution in [0.3, 0.4) is 0 Å². The number of aliphatic hydroxyl groups is 1. The molecule has 0 aromatic rings. The zero-order valence-corrected chi connectivity index (χ0v) is 23.2. The van der Waals surface area contributed by atoms with Crippen LogP contribution in [0.5, 0.6) is 0 Å². The molecule has 0 radical (unpaired) electrons. The van der Waals surface area contributed by atoms with E-state index in [1.807, 2.05) is 0 Å². The molecule has 0 amide bonds. The molecule has 2 aliphatic heterocycles. The first-order chi connectivity index (χ1) is 16.8. The molecular formula is C30H46O6. The lowest BCUT2D eigenvalue weighted by Crippen LogP contribution is -2.61. The van der Waals surface area contributed by atoms with Gasteiger partial charge in [-0.3, -0.25) is 14.4 Å². The highest BCUT2D eigenvalue weighted by atomic mass is 16.6. The van der Waals surface area contributed by atoms with Gasteiger partial charge in [-0.15, -0.1) is 0 Å². The van der Waals surface area contributed by atoms with Crippen molar-refractivity contribution < 1.29 is 29.0 Å². The molecule has 2 heterocycles. The van der Waals surface area contributed by atoms with Gasteiger partial charge in [0.05, 0.1) is 24.0 Å². The van der Waals surface area contributed by atoms with Crippen LogP contribution in [0, 0.1) is 52.3 Å². The number of ether oxygens (including phenoxy) is 2. The fraction of sp³-hybridized carbons (Fsp3) is 0.833. The number of fused-ring (bicyclic) bond motifs is 1. The lowest BCUT2D eigenvalue weighted by Gasteiger charge is -2.50. The van der Waals surface area contributed by atoms with Crippen molar-refractivity contribution >= 4 is 17.5 Å². The molecule has 1 N–H and O–H groups in total. The number of hydrogen-bond donors (Lipinski definition) is 1. The van der Waals surface area contributed by atoms with E-state index in [1.54, 1.807) is 6.92 Å². The Bertz CT molecular complexity index is 924. The van der Waals surface area contributed by atoms with Crippen molar-refractivity contribution in [2.45, 2.75) is 98.9 Å². The smallest absolute Gasteiger partial charge is 0.302 e. The number of carbonyl (C=O) groups excluding carboxylic acids is 3. The summed E-state index contributed by atoms with van der Waals surface area (Å²) in [4.78, 5) is 39.1. The van der Waals surface area contributed by atoms with Crippen molar-refractivity contribution in [3.05, 3.63) is 12.2 Å². The largest absolute Gasteiger partial charge is 0.466 e. The van der Waals surface area contributed by atoms with Gasteiger partial charge in [0.1, 0.15) is 11.6 Å². The maximum absolute atomic E-state index is 14.1.